The van der Waals surface area contributed by atoms with Crippen LogP contribution in [0.3, 0.4) is 0 Å². The Bertz CT molecular complexity index is 760. The molecule has 136 valence electrons. The molecule has 4 heterocycles. The number of morpholine rings is 1. The van der Waals surface area contributed by atoms with Crippen LogP contribution in [0, 0.1) is 0 Å². The lowest BCUT2D eigenvalue weighted by Crippen LogP contribution is -2.44. The lowest BCUT2D eigenvalue weighted by atomic mass is 9.96. The van der Waals surface area contributed by atoms with Crippen LogP contribution in [0.5, 0.6) is 0 Å². The topological polar surface area (TPSA) is 126 Å². The maximum absolute atomic E-state index is 10.7. The Morgan fingerprint density at radius 2 is 2.04 bits per heavy atom. The third-order valence-electron chi connectivity index (χ3n) is 4.84. The minimum Gasteiger partial charge on any atom is -0.394 e. The van der Waals surface area contributed by atoms with Crippen LogP contribution in [-0.2, 0) is 9.47 Å². The van der Waals surface area contributed by atoms with E-state index in [4.69, 9.17) is 9.47 Å². The summed E-state index contributed by atoms with van der Waals surface area (Å²) in [5.41, 5.74) is -0.510. The number of fused-ring (bicyclic) bond motifs is 1. The van der Waals surface area contributed by atoms with Crippen LogP contribution in [0.1, 0.15) is 13.2 Å². The van der Waals surface area contributed by atoms with E-state index < -0.39 is 30.6 Å². The molecule has 2 saturated heterocycles. The number of nitrogens with zero attached hydrogens (tertiary/aromatic N) is 5. The van der Waals surface area contributed by atoms with Crippen molar-refractivity contribution in [3.8, 4) is 0 Å². The highest BCUT2D eigenvalue weighted by molar-refractivity contribution is 5.83. The van der Waals surface area contributed by atoms with Gasteiger partial charge in [0.15, 0.2) is 23.2 Å². The van der Waals surface area contributed by atoms with Gasteiger partial charge in [-0.25, -0.2) is 15.0 Å². The van der Waals surface area contributed by atoms with Gasteiger partial charge in [-0.3, -0.25) is 4.57 Å². The zero-order chi connectivity index (χ0) is 17.6. The third-order valence-corrected chi connectivity index (χ3v) is 4.84. The van der Waals surface area contributed by atoms with Crippen LogP contribution in [0.15, 0.2) is 12.7 Å². The number of anilines is 1. The molecule has 0 aromatic carbocycles. The van der Waals surface area contributed by atoms with E-state index >= 15 is 0 Å². The van der Waals surface area contributed by atoms with Crippen molar-refractivity contribution in [1.82, 2.24) is 19.5 Å². The molecule has 2 aliphatic rings. The molecule has 0 radical (unpaired) electrons. The summed E-state index contributed by atoms with van der Waals surface area (Å²) in [6.07, 6.45) is -0.0697. The molecule has 0 unspecified atom stereocenters. The van der Waals surface area contributed by atoms with Gasteiger partial charge in [-0.05, 0) is 6.92 Å². The molecule has 3 N–H and O–H groups in total. The average Bonchev–Trinajstić information content (AvgIpc) is 3.15. The number of rotatable bonds is 3. The van der Waals surface area contributed by atoms with Gasteiger partial charge in [-0.2, -0.15) is 0 Å². The molecule has 0 aliphatic carbocycles. The normalized spacial score (nSPS) is 33.3. The molecule has 0 spiro atoms. The molecule has 2 fully saturated rings. The van der Waals surface area contributed by atoms with Gasteiger partial charge in [0.25, 0.3) is 0 Å². The zero-order valence-electron chi connectivity index (χ0n) is 13.8. The maximum atomic E-state index is 10.7. The van der Waals surface area contributed by atoms with E-state index in [2.05, 4.69) is 19.9 Å². The third kappa shape index (κ3) is 2.57. The number of aliphatic hydroxyl groups is 3. The second kappa shape index (κ2) is 6.15. The molecule has 0 amide bonds. The fraction of sp³-hybridized carbons (Fsp3) is 0.667. The Morgan fingerprint density at radius 1 is 1.28 bits per heavy atom. The van der Waals surface area contributed by atoms with Crippen molar-refractivity contribution >= 4 is 17.0 Å². The second-order valence-corrected chi connectivity index (χ2v) is 6.50. The van der Waals surface area contributed by atoms with Gasteiger partial charge < -0.3 is 29.7 Å². The van der Waals surface area contributed by atoms with Crippen molar-refractivity contribution in [1.29, 1.82) is 0 Å². The summed E-state index contributed by atoms with van der Waals surface area (Å²) in [5.74, 6) is 0.698. The van der Waals surface area contributed by atoms with Gasteiger partial charge in [0.05, 0.1) is 26.1 Å². The average molecular weight is 351 g/mol. The van der Waals surface area contributed by atoms with Crippen molar-refractivity contribution in [3.63, 3.8) is 0 Å². The van der Waals surface area contributed by atoms with Crippen LogP contribution in [0.4, 0.5) is 5.82 Å². The molecule has 25 heavy (non-hydrogen) atoms. The van der Waals surface area contributed by atoms with Crippen LogP contribution in [-0.4, -0.2) is 85.6 Å². The Kier molecular flexibility index (Phi) is 4.08. The lowest BCUT2D eigenvalue weighted by Gasteiger charge is -2.28. The number of imidazole rings is 1. The van der Waals surface area contributed by atoms with Crippen molar-refractivity contribution in [2.24, 2.45) is 0 Å². The molecule has 2 aromatic heterocycles. The van der Waals surface area contributed by atoms with Gasteiger partial charge in [0.2, 0.25) is 0 Å². The summed E-state index contributed by atoms with van der Waals surface area (Å²) < 4.78 is 12.6. The van der Waals surface area contributed by atoms with Crippen molar-refractivity contribution in [3.05, 3.63) is 12.7 Å². The highest BCUT2D eigenvalue weighted by Crippen LogP contribution is 2.39. The standard InChI is InChI=1S/C15H21N5O5/c1-15(23)11(22)9(6-21)25-14(15)20-8-18-10-12(16-7-17-13(10)20)19-2-4-24-5-3-19/h7-9,11,14,21-23H,2-6H2,1H3/t9-,11-,14-,15-/m1/s1. The number of hydrogen-bond donors (Lipinski definition) is 3. The minimum absolute atomic E-state index is 0.394. The summed E-state index contributed by atoms with van der Waals surface area (Å²) in [7, 11) is 0. The largest absolute Gasteiger partial charge is 0.394 e. The number of aromatic nitrogens is 4. The molecule has 0 bridgehead atoms. The summed E-state index contributed by atoms with van der Waals surface area (Å²) >= 11 is 0. The maximum Gasteiger partial charge on any atom is 0.168 e. The number of hydrogen-bond acceptors (Lipinski definition) is 9. The first kappa shape index (κ1) is 16.6. The van der Waals surface area contributed by atoms with E-state index in [0.29, 0.717) is 43.3 Å². The van der Waals surface area contributed by atoms with Gasteiger partial charge in [-0.1, -0.05) is 0 Å². The smallest absolute Gasteiger partial charge is 0.168 e. The quantitative estimate of drug-likeness (QED) is 0.616. The van der Waals surface area contributed by atoms with E-state index in [1.165, 1.54) is 19.6 Å². The van der Waals surface area contributed by atoms with E-state index in [9.17, 15) is 15.3 Å². The predicted molar refractivity (Wildman–Crippen MR) is 86.0 cm³/mol. The molecule has 0 saturated carbocycles. The van der Waals surface area contributed by atoms with Crippen molar-refractivity contribution < 1.29 is 24.8 Å². The minimum atomic E-state index is -1.59. The zero-order valence-corrected chi connectivity index (χ0v) is 13.8. The Labute approximate surface area is 143 Å². The number of aliphatic hydroxyl groups excluding tert-OH is 2. The first-order valence-corrected chi connectivity index (χ1v) is 8.21. The Hall–Kier alpha value is -1.85. The summed E-state index contributed by atoms with van der Waals surface area (Å²) in [6.45, 7) is 3.74. The van der Waals surface area contributed by atoms with Gasteiger partial charge in [-0.15, -0.1) is 0 Å². The monoisotopic (exact) mass is 351 g/mol. The van der Waals surface area contributed by atoms with Gasteiger partial charge in [0, 0.05) is 13.1 Å². The predicted octanol–water partition coefficient (Wildman–Crippen LogP) is -1.34. The van der Waals surface area contributed by atoms with E-state index in [-0.39, 0.29) is 0 Å². The molecular weight excluding hydrogens is 330 g/mol. The number of ether oxygens (including phenoxy) is 2. The molecule has 4 atom stereocenters. The summed E-state index contributed by atoms with van der Waals surface area (Å²) in [6, 6.07) is 0. The highest BCUT2D eigenvalue weighted by Gasteiger charge is 2.53. The molecular formula is C15H21N5O5. The molecule has 10 heteroatoms. The van der Waals surface area contributed by atoms with Crippen LogP contribution < -0.4 is 4.90 Å². The van der Waals surface area contributed by atoms with Crippen LogP contribution in [0.25, 0.3) is 11.2 Å². The fourth-order valence-corrected chi connectivity index (χ4v) is 3.41. The summed E-state index contributed by atoms with van der Waals surface area (Å²) in [5, 5.41) is 30.2. The summed E-state index contributed by atoms with van der Waals surface area (Å²) in [4.78, 5) is 15.1. The van der Waals surface area contributed by atoms with Crippen molar-refractivity contribution in [2.45, 2.75) is 31.0 Å². The van der Waals surface area contributed by atoms with E-state index in [0.717, 1.165) is 0 Å². The lowest BCUT2D eigenvalue weighted by molar-refractivity contribution is -0.0950. The highest BCUT2D eigenvalue weighted by atomic mass is 16.6. The Morgan fingerprint density at radius 3 is 2.72 bits per heavy atom. The first-order chi connectivity index (χ1) is 12.0. The van der Waals surface area contributed by atoms with Crippen LogP contribution in [0.2, 0.25) is 0 Å². The second-order valence-electron chi connectivity index (χ2n) is 6.50. The molecule has 10 nitrogen and oxygen atoms in total. The van der Waals surface area contributed by atoms with E-state index in [1.807, 2.05) is 0 Å². The molecule has 2 aromatic rings. The van der Waals surface area contributed by atoms with E-state index in [1.54, 1.807) is 4.57 Å². The molecule has 4 rings (SSSR count). The first-order valence-electron chi connectivity index (χ1n) is 8.21. The SMILES string of the molecule is C[C@@]1(O)[C@H](O)[C@@H](CO)O[C@H]1n1cnc2c(N3CCOCC3)ncnc21. The van der Waals surface area contributed by atoms with Crippen molar-refractivity contribution in [2.75, 3.05) is 37.8 Å². The van der Waals surface area contributed by atoms with Crippen LogP contribution >= 0.6 is 0 Å². The van der Waals surface area contributed by atoms with Gasteiger partial charge >= 0.3 is 0 Å². The Balaban J connectivity index is 1.74. The van der Waals surface area contributed by atoms with Gasteiger partial charge in [0.1, 0.15) is 24.1 Å². The fourth-order valence-electron chi connectivity index (χ4n) is 3.41. The molecule has 2 aliphatic heterocycles.